The van der Waals surface area contributed by atoms with Gasteiger partial charge in [-0.05, 0) is 41.1 Å². The fraction of sp³-hybridized carbons (Fsp3) is 0.250. The van der Waals surface area contributed by atoms with Gasteiger partial charge in [0.05, 0.1) is 39.3 Å². The normalized spacial score (nSPS) is 16.0. The van der Waals surface area contributed by atoms with Crippen LogP contribution in [0.15, 0.2) is 40.9 Å². The molecule has 2 aromatic carbocycles. The Labute approximate surface area is 175 Å². The lowest BCUT2D eigenvalue weighted by Crippen LogP contribution is -2.27. The minimum absolute atomic E-state index is 0.0297. The van der Waals surface area contributed by atoms with E-state index in [9.17, 15) is 9.59 Å². The molecule has 6 nitrogen and oxygen atoms in total. The number of carbonyl (C=O) groups is 2. The molecule has 1 amide bonds. The quantitative estimate of drug-likeness (QED) is 0.487. The molecule has 2 aromatic rings. The van der Waals surface area contributed by atoms with Crippen LogP contribution in [0.1, 0.15) is 18.9 Å². The summed E-state index contributed by atoms with van der Waals surface area (Å²) in [6.07, 6.45) is 0.0297. The number of ether oxygens (including phenoxy) is 2. The van der Waals surface area contributed by atoms with E-state index in [1.54, 1.807) is 37.3 Å². The molecule has 8 heteroatoms. The summed E-state index contributed by atoms with van der Waals surface area (Å²) in [6.45, 7) is 2.31. The lowest BCUT2D eigenvalue weighted by Gasteiger charge is -2.18. The van der Waals surface area contributed by atoms with E-state index in [1.807, 2.05) is 6.07 Å². The molecule has 0 saturated carbocycles. The second-order valence-electron chi connectivity index (χ2n) is 6.11. The van der Waals surface area contributed by atoms with Gasteiger partial charge in [0.2, 0.25) is 5.91 Å². The first-order valence-electron chi connectivity index (χ1n) is 8.57. The molecule has 0 aromatic heterocycles. The number of nitrogens with zero attached hydrogens (tertiary/aromatic N) is 2. The zero-order valence-corrected chi connectivity index (χ0v) is 17.3. The Kier molecular flexibility index (Phi) is 6.22. The van der Waals surface area contributed by atoms with Gasteiger partial charge in [-0.25, -0.2) is 0 Å². The zero-order chi connectivity index (χ0) is 20.3. The van der Waals surface area contributed by atoms with Crippen molar-refractivity contribution in [3.05, 3.63) is 51.5 Å². The molecule has 1 aliphatic heterocycles. The number of anilines is 1. The van der Waals surface area contributed by atoms with Crippen LogP contribution in [0.25, 0.3) is 0 Å². The van der Waals surface area contributed by atoms with Gasteiger partial charge in [0.15, 0.2) is 11.5 Å². The third kappa shape index (κ3) is 4.13. The molecular formula is C20H16BrClN2O4. The van der Waals surface area contributed by atoms with Gasteiger partial charge in [0, 0.05) is 19.0 Å². The van der Waals surface area contributed by atoms with Crippen LogP contribution < -0.4 is 14.4 Å². The lowest BCUT2D eigenvalue weighted by molar-refractivity contribution is -0.139. The van der Waals surface area contributed by atoms with Crippen LogP contribution in [-0.4, -0.2) is 25.0 Å². The minimum atomic E-state index is -0.638. The molecule has 0 N–H and O–H groups in total. The summed E-state index contributed by atoms with van der Waals surface area (Å²) in [5.41, 5.74) is 0.940. The standard InChI is InChI=1S/C20H16BrClN2O4/c1-2-27-17-8-12(10-23)7-14(21)19(17)28-20(26)13-9-18(25)24(11-13)16-6-4-3-5-15(16)22/h3-8,13H,2,9,11H2,1H3. The molecule has 0 radical (unpaired) electrons. The minimum Gasteiger partial charge on any atom is -0.490 e. The van der Waals surface area contributed by atoms with Gasteiger partial charge >= 0.3 is 5.97 Å². The number of rotatable bonds is 5. The number of benzene rings is 2. The highest BCUT2D eigenvalue weighted by molar-refractivity contribution is 9.10. The summed E-state index contributed by atoms with van der Waals surface area (Å²) in [7, 11) is 0. The molecule has 0 aliphatic carbocycles. The average molecular weight is 464 g/mol. The highest BCUT2D eigenvalue weighted by Crippen LogP contribution is 2.38. The Morgan fingerprint density at radius 3 is 2.82 bits per heavy atom. The first-order valence-corrected chi connectivity index (χ1v) is 9.74. The number of hydrogen-bond acceptors (Lipinski definition) is 5. The van der Waals surface area contributed by atoms with Crippen LogP contribution in [-0.2, 0) is 9.59 Å². The molecule has 28 heavy (non-hydrogen) atoms. The van der Waals surface area contributed by atoms with Crippen molar-refractivity contribution in [1.29, 1.82) is 5.26 Å². The lowest BCUT2D eigenvalue weighted by atomic mass is 10.1. The largest absolute Gasteiger partial charge is 0.490 e. The Hall–Kier alpha value is -2.56. The molecule has 144 valence electrons. The predicted octanol–water partition coefficient (Wildman–Crippen LogP) is 4.33. The van der Waals surface area contributed by atoms with Crippen LogP contribution in [0.3, 0.4) is 0 Å². The molecule has 1 aliphatic rings. The van der Waals surface area contributed by atoms with E-state index in [0.29, 0.717) is 27.4 Å². The van der Waals surface area contributed by atoms with Crippen molar-refractivity contribution < 1.29 is 19.1 Å². The fourth-order valence-electron chi connectivity index (χ4n) is 2.95. The van der Waals surface area contributed by atoms with Crippen molar-refractivity contribution >= 4 is 45.1 Å². The van der Waals surface area contributed by atoms with Crippen molar-refractivity contribution in [2.75, 3.05) is 18.1 Å². The summed E-state index contributed by atoms with van der Waals surface area (Å²) < 4.78 is 11.5. The summed E-state index contributed by atoms with van der Waals surface area (Å²) >= 11 is 9.49. The number of esters is 1. The van der Waals surface area contributed by atoms with Crippen molar-refractivity contribution in [3.63, 3.8) is 0 Å². The molecule has 0 spiro atoms. The van der Waals surface area contributed by atoms with Crippen LogP contribution in [0, 0.1) is 17.2 Å². The van der Waals surface area contributed by atoms with Gasteiger partial charge in [-0.2, -0.15) is 5.26 Å². The maximum atomic E-state index is 12.7. The Morgan fingerprint density at radius 2 is 2.14 bits per heavy atom. The molecule has 0 bridgehead atoms. The van der Waals surface area contributed by atoms with Crippen molar-refractivity contribution in [3.8, 4) is 17.6 Å². The molecule has 1 heterocycles. The summed E-state index contributed by atoms with van der Waals surface area (Å²) in [4.78, 5) is 26.6. The van der Waals surface area contributed by atoms with E-state index in [4.69, 9.17) is 26.3 Å². The molecular weight excluding hydrogens is 448 g/mol. The van der Waals surface area contributed by atoms with Gasteiger partial charge in [-0.3, -0.25) is 9.59 Å². The number of nitriles is 1. The van der Waals surface area contributed by atoms with Crippen LogP contribution >= 0.6 is 27.5 Å². The Morgan fingerprint density at radius 1 is 1.39 bits per heavy atom. The van der Waals surface area contributed by atoms with Crippen molar-refractivity contribution in [2.24, 2.45) is 5.92 Å². The first kappa shape index (κ1) is 20.2. The van der Waals surface area contributed by atoms with E-state index in [0.717, 1.165) is 0 Å². The fourth-order valence-corrected chi connectivity index (χ4v) is 3.71. The van der Waals surface area contributed by atoms with Gasteiger partial charge in [0.25, 0.3) is 0 Å². The highest BCUT2D eigenvalue weighted by atomic mass is 79.9. The monoisotopic (exact) mass is 462 g/mol. The topological polar surface area (TPSA) is 79.6 Å². The van der Waals surface area contributed by atoms with Gasteiger partial charge < -0.3 is 14.4 Å². The SMILES string of the molecule is CCOc1cc(C#N)cc(Br)c1OC(=O)C1CC(=O)N(c2ccccc2Cl)C1. The Balaban J connectivity index is 1.80. The molecule has 1 atom stereocenters. The number of halogens is 2. The van der Waals surface area contributed by atoms with E-state index in [-0.39, 0.29) is 30.4 Å². The predicted molar refractivity (Wildman–Crippen MR) is 108 cm³/mol. The summed E-state index contributed by atoms with van der Waals surface area (Å²) in [5, 5.41) is 9.54. The highest BCUT2D eigenvalue weighted by Gasteiger charge is 2.37. The van der Waals surface area contributed by atoms with Crippen molar-refractivity contribution in [2.45, 2.75) is 13.3 Å². The maximum Gasteiger partial charge on any atom is 0.316 e. The molecule has 1 saturated heterocycles. The molecule has 3 rings (SSSR count). The second-order valence-corrected chi connectivity index (χ2v) is 7.37. The third-order valence-corrected chi connectivity index (χ3v) is 5.15. The average Bonchev–Trinajstić information content (AvgIpc) is 3.06. The van der Waals surface area contributed by atoms with E-state index >= 15 is 0 Å². The van der Waals surface area contributed by atoms with Gasteiger partial charge in [0.1, 0.15) is 0 Å². The second kappa shape index (κ2) is 8.63. The summed E-state index contributed by atoms with van der Waals surface area (Å²) in [5.74, 6) is -0.905. The smallest absolute Gasteiger partial charge is 0.316 e. The van der Waals surface area contributed by atoms with Gasteiger partial charge in [-0.1, -0.05) is 23.7 Å². The molecule has 1 unspecified atom stereocenters. The number of para-hydroxylation sites is 1. The Bertz CT molecular complexity index is 973. The molecule has 1 fully saturated rings. The van der Waals surface area contributed by atoms with E-state index in [2.05, 4.69) is 15.9 Å². The zero-order valence-electron chi connectivity index (χ0n) is 14.9. The summed E-state index contributed by atoms with van der Waals surface area (Å²) in [6, 6.07) is 12.1. The van der Waals surface area contributed by atoms with Crippen LogP contribution in [0.5, 0.6) is 11.5 Å². The number of carbonyl (C=O) groups excluding carboxylic acids is 2. The number of amides is 1. The maximum absolute atomic E-state index is 12.7. The van der Waals surface area contributed by atoms with Crippen molar-refractivity contribution in [1.82, 2.24) is 0 Å². The van der Waals surface area contributed by atoms with Gasteiger partial charge in [-0.15, -0.1) is 0 Å². The van der Waals surface area contributed by atoms with Crippen LogP contribution in [0.2, 0.25) is 5.02 Å². The van der Waals surface area contributed by atoms with E-state index in [1.165, 1.54) is 11.0 Å². The first-order chi connectivity index (χ1) is 13.4. The van der Waals surface area contributed by atoms with Crippen LogP contribution in [0.4, 0.5) is 5.69 Å². The third-order valence-electron chi connectivity index (χ3n) is 4.24. The number of hydrogen-bond donors (Lipinski definition) is 0. The van der Waals surface area contributed by atoms with E-state index < -0.39 is 11.9 Å².